The number of esters is 1. The highest BCUT2D eigenvalue weighted by molar-refractivity contribution is 6.00. The van der Waals surface area contributed by atoms with Crippen molar-refractivity contribution in [1.29, 1.82) is 0 Å². The van der Waals surface area contributed by atoms with Gasteiger partial charge in [0.05, 0.1) is 4.92 Å². The normalized spacial score (nSPS) is 15.8. The maximum Gasteiger partial charge on any atom is 0.326 e. The number of carbonyl (C=O) groups excluding carboxylic acids is 3. The summed E-state index contributed by atoms with van der Waals surface area (Å²) in [5.41, 5.74) is 1.67. The molecule has 0 spiro atoms. The van der Waals surface area contributed by atoms with E-state index in [1.165, 1.54) is 25.1 Å². The first-order chi connectivity index (χ1) is 14.3. The van der Waals surface area contributed by atoms with E-state index in [-0.39, 0.29) is 23.2 Å². The van der Waals surface area contributed by atoms with Gasteiger partial charge in [0.2, 0.25) is 0 Å². The lowest BCUT2D eigenvalue weighted by Crippen LogP contribution is -2.44. The molecule has 3 rings (SSSR count). The van der Waals surface area contributed by atoms with Crippen molar-refractivity contribution in [3.8, 4) is 0 Å². The van der Waals surface area contributed by atoms with Crippen LogP contribution in [0.25, 0.3) is 0 Å². The zero-order chi connectivity index (χ0) is 21.8. The number of nitrogens with zero attached hydrogens (tertiary/aromatic N) is 2. The van der Waals surface area contributed by atoms with Gasteiger partial charge in [-0.15, -0.1) is 0 Å². The molecule has 9 nitrogen and oxygen atoms in total. The van der Waals surface area contributed by atoms with E-state index in [0.717, 1.165) is 23.7 Å². The second-order valence-electron chi connectivity index (χ2n) is 7.01. The fraction of sp³-hybridized carbons (Fsp3) is 0.286. The molecule has 0 saturated heterocycles. The zero-order valence-electron chi connectivity index (χ0n) is 16.5. The predicted octanol–water partition coefficient (Wildman–Crippen LogP) is 2.23. The van der Waals surface area contributed by atoms with Crippen molar-refractivity contribution >= 4 is 29.2 Å². The summed E-state index contributed by atoms with van der Waals surface area (Å²) in [6.45, 7) is 2.94. The topological polar surface area (TPSA) is 119 Å². The number of benzene rings is 2. The first-order valence-corrected chi connectivity index (χ1v) is 9.41. The van der Waals surface area contributed by atoms with Crippen LogP contribution in [-0.4, -0.2) is 41.4 Å². The van der Waals surface area contributed by atoms with Gasteiger partial charge < -0.3 is 15.0 Å². The number of carbonyl (C=O) groups is 3. The summed E-state index contributed by atoms with van der Waals surface area (Å²) in [6.07, 6.45) is -0.303. The Morgan fingerprint density at radius 3 is 2.70 bits per heavy atom. The quantitative estimate of drug-likeness (QED) is 0.442. The average Bonchev–Trinajstić information content (AvgIpc) is 3.07. The van der Waals surface area contributed by atoms with Gasteiger partial charge in [-0.05, 0) is 38.0 Å². The van der Waals surface area contributed by atoms with Crippen LogP contribution in [0.5, 0.6) is 0 Å². The molecule has 0 aliphatic carbocycles. The Kier molecular flexibility index (Phi) is 6.10. The van der Waals surface area contributed by atoms with E-state index >= 15 is 0 Å². The minimum atomic E-state index is -1.03. The Bertz CT molecular complexity index is 1010. The van der Waals surface area contributed by atoms with Gasteiger partial charge in [0.1, 0.15) is 6.54 Å². The van der Waals surface area contributed by atoms with Crippen LogP contribution < -0.4 is 10.2 Å². The summed E-state index contributed by atoms with van der Waals surface area (Å²) in [7, 11) is 0. The first kappa shape index (κ1) is 21.0. The van der Waals surface area contributed by atoms with E-state index in [1.807, 2.05) is 31.2 Å². The summed E-state index contributed by atoms with van der Waals surface area (Å²) < 4.78 is 5.18. The molecule has 1 aliphatic heterocycles. The molecule has 1 N–H and O–H groups in total. The molecule has 0 saturated carbocycles. The minimum Gasteiger partial charge on any atom is -0.451 e. The van der Waals surface area contributed by atoms with Gasteiger partial charge in [-0.2, -0.15) is 0 Å². The molecule has 1 heterocycles. The molecule has 9 heteroatoms. The van der Waals surface area contributed by atoms with Crippen LogP contribution in [0, 0.1) is 10.1 Å². The van der Waals surface area contributed by atoms with Gasteiger partial charge in [0, 0.05) is 29.4 Å². The second-order valence-corrected chi connectivity index (χ2v) is 7.01. The van der Waals surface area contributed by atoms with Gasteiger partial charge in [0.25, 0.3) is 17.5 Å². The third-order valence-corrected chi connectivity index (χ3v) is 4.81. The molecular weight excluding hydrogens is 390 g/mol. The van der Waals surface area contributed by atoms with E-state index in [2.05, 4.69) is 5.32 Å². The van der Waals surface area contributed by atoms with Crippen LogP contribution in [0.15, 0.2) is 48.5 Å². The number of anilines is 1. The molecule has 156 valence electrons. The number of ether oxygens (including phenoxy) is 1. The van der Waals surface area contributed by atoms with Gasteiger partial charge in [-0.3, -0.25) is 24.5 Å². The molecule has 0 radical (unpaired) electrons. The minimum absolute atomic E-state index is 0.0450. The molecule has 0 aromatic heterocycles. The van der Waals surface area contributed by atoms with Crippen molar-refractivity contribution in [2.75, 3.05) is 11.4 Å². The zero-order valence-corrected chi connectivity index (χ0v) is 16.5. The Morgan fingerprint density at radius 2 is 1.97 bits per heavy atom. The summed E-state index contributed by atoms with van der Waals surface area (Å²) in [6, 6.07) is 12.7. The fourth-order valence-electron chi connectivity index (χ4n) is 3.40. The number of hydrogen-bond acceptors (Lipinski definition) is 6. The van der Waals surface area contributed by atoms with E-state index in [9.17, 15) is 24.5 Å². The summed E-state index contributed by atoms with van der Waals surface area (Å²) >= 11 is 0. The summed E-state index contributed by atoms with van der Waals surface area (Å²) in [4.78, 5) is 48.8. The summed E-state index contributed by atoms with van der Waals surface area (Å²) in [5.74, 6) is -1.78. The smallest absolute Gasteiger partial charge is 0.326 e. The summed E-state index contributed by atoms with van der Waals surface area (Å²) in [5, 5.41) is 13.1. The Balaban J connectivity index is 1.56. The third kappa shape index (κ3) is 4.45. The molecule has 2 aromatic rings. The SMILES string of the molecule is C[C@H](OC(=O)CNC(=O)c1cccc([N+](=O)[O-])c1)C(=O)N1c2ccccc2C[C@@H]1C. The average molecular weight is 411 g/mol. The van der Waals surface area contributed by atoms with Gasteiger partial charge in [-0.1, -0.05) is 24.3 Å². The van der Waals surface area contributed by atoms with Crippen LogP contribution in [0.2, 0.25) is 0 Å². The Morgan fingerprint density at radius 1 is 1.23 bits per heavy atom. The molecule has 1 aliphatic rings. The van der Waals surface area contributed by atoms with Crippen molar-refractivity contribution in [3.05, 3.63) is 69.8 Å². The molecule has 0 bridgehead atoms. The number of nitro benzene ring substituents is 1. The van der Waals surface area contributed by atoms with E-state index < -0.39 is 29.4 Å². The van der Waals surface area contributed by atoms with E-state index in [1.54, 1.807) is 4.90 Å². The molecule has 0 unspecified atom stereocenters. The highest BCUT2D eigenvalue weighted by atomic mass is 16.6. The highest BCUT2D eigenvalue weighted by Crippen LogP contribution is 2.32. The molecule has 0 fully saturated rings. The van der Waals surface area contributed by atoms with Gasteiger partial charge >= 0.3 is 5.97 Å². The maximum atomic E-state index is 12.8. The fourth-order valence-corrected chi connectivity index (χ4v) is 3.40. The molecule has 2 aromatic carbocycles. The monoisotopic (exact) mass is 411 g/mol. The lowest BCUT2D eigenvalue weighted by atomic mass is 10.1. The van der Waals surface area contributed by atoms with Crippen LogP contribution >= 0.6 is 0 Å². The van der Waals surface area contributed by atoms with Crippen molar-refractivity contribution in [1.82, 2.24) is 5.32 Å². The number of nitrogens with one attached hydrogen (secondary N) is 1. The number of nitro groups is 1. The number of amides is 2. The van der Waals surface area contributed by atoms with Gasteiger partial charge in [-0.25, -0.2) is 0 Å². The Hall–Kier alpha value is -3.75. The standard InChI is InChI=1S/C21H21N3O6/c1-13-10-15-6-3-4-9-18(15)23(13)21(27)14(2)30-19(25)12-22-20(26)16-7-5-8-17(11-16)24(28)29/h3-9,11,13-14H,10,12H2,1-2H3,(H,22,26)/t13-,14-/m0/s1. The number of hydrogen-bond donors (Lipinski definition) is 1. The van der Waals surface area contributed by atoms with Crippen molar-refractivity contribution in [3.63, 3.8) is 0 Å². The molecule has 30 heavy (non-hydrogen) atoms. The highest BCUT2D eigenvalue weighted by Gasteiger charge is 2.34. The Labute approximate surface area is 172 Å². The second kappa shape index (κ2) is 8.73. The molecule has 2 amide bonds. The van der Waals surface area contributed by atoms with Gasteiger partial charge in [0.15, 0.2) is 6.10 Å². The van der Waals surface area contributed by atoms with Crippen molar-refractivity contribution in [2.24, 2.45) is 0 Å². The third-order valence-electron chi connectivity index (χ3n) is 4.81. The number of non-ortho nitro benzene ring substituents is 1. The lowest BCUT2D eigenvalue weighted by Gasteiger charge is -2.25. The lowest BCUT2D eigenvalue weighted by molar-refractivity contribution is -0.384. The van der Waals surface area contributed by atoms with Crippen LogP contribution in [0.4, 0.5) is 11.4 Å². The molecule has 2 atom stereocenters. The number of para-hydroxylation sites is 1. The van der Waals surface area contributed by atoms with Crippen LogP contribution in [0.1, 0.15) is 29.8 Å². The number of fused-ring (bicyclic) bond motifs is 1. The first-order valence-electron chi connectivity index (χ1n) is 9.41. The molecular formula is C21H21N3O6. The van der Waals surface area contributed by atoms with Crippen LogP contribution in [0.3, 0.4) is 0 Å². The van der Waals surface area contributed by atoms with E-state index in [0.29, 0.717) is 0 Å². The predicted molar refractivity (Wildman–Crippen MR) is 108 cm³/mol. The van der Waals surface area contributed by atoms with E-state index in [4.69, 9.17) is 4.74 Å². The number of rotatable bonds is 6. The van der Waals surface area contributed by atoms with Crippen molar-refractivity contribution < 1.29 is 24.0 Å². The maximum absolute atomic E-state index is 12.8. The van der Waals surface area contributed by atoms with Crippen LogP contribution in [-0.2, 0) is 20.7 Å². The largest absolute Gasteiger partial charge is 0.451 e. The van der Waals surface area contributed by atoms with Crippen molar-refractivity contribution in [2.45, 2.75) is 32.4 Å².